The lowest BCUT2D eigenvalue weighted by Crippen LogP contribution is -2.44. The van der Waals surface area contributed by atoms with Crippen molar-refractivity contribution in [2.75, 3.05) is 32.7 Å². The molecule has 1 N–H and O–H groups in total. The molecule has 0 saturated carbocycles. The van der Waals surface area contributed by atoms with Crippen molar-refractivity contribution in [3.05, 3.63) is 53.3 Å². The third-order valence-corrected chi connectivity index (χ3v) is 6.64. The molecule has 2 aliphatic rings. The number of alkyl halides is 3. The Morgan fingerprint density at radius 1 is 1.09 bits per heavy atom. The molecule has 10 heteroatoms. The second kappa shape index (κ2) is 9.54. The Labute approximate surface area is 190 Å². The van der Waals surface area contributed by atoms with Crippen LogP contribution in [0.2, 0.25) is 0 Å². The van der Waals surface area contributed by atoms with Gasteiger partial charge in [0.2, 0.25) is 5.91 Å². The molecular formula is C23H28F3N5O2. The molecule has 0 spiro atoms. The number of hydrogen-bond acceptors (Lipinski definition) is 4. The first-order valence-electron chi connectivity index (χ1n) is 11.2. The summed E-state index contributed by atoms with van der Waals surface area (Å²) in [6.07, 6.45) is -1.54. The number of nitrogens with one attached hydrogen (secondary N) is 1. The van der Waals surface area contributed by atoms with E-state index in [9.17, 15) is 22.8 Å². The summed E-state index contributed by atoms with van der Waals surface area (Å²) >= 11 is 0. The van der Waals surface area contributed by atoms with E-state index in [0.717, 1.165) is 39.4 Å². The monoisotopic (exact) mass is 463 g/mol. The van der Waals surface area contributed by atoms with E-state index in [1.165, 1.54) is 5.56 Å². The minimum absolute atomic E-state index is 0.239. The van der Waals surface area contributed by atoms with Crippen LogP contribution in [-0.2, 0) is 18.0 Å². The third-order valence-electron chi connectivity index (χ3n) is 6.64. The molecule has 2 saturated heterocycles. The Morgan fingerprint density at radius 3 is 2.42 bits per heavy atom. The van der Waals surface area contributed by atoms with E-state index >= 15 is 0 Å². The molecule has 0 bridgehead atoms. The second-order valence-corrected chi connectivity index (χ2v) is 8.72. The quantitative estimate of drug-likeness (QED) is 0.740. The molecule has 1 atom stereocenters. The van der Waals surface area contributed by atoms with E-state index in [1.807, 2.05) is 6.07 Å². The minimum Gasteiger partial charge on any atom is -0.342 e. The second-order valence-electron chi connectivity index (χ2n) is 8.72. The lowest BCUT2D eigenvalue weighted by Gasteiger charge is -2.36. The third kappa shape index (κ3) is 5.38. The Morgan fingerprint density at radius 2 is 1.79 bits per heavy atom. The van der Waals surface area contributed by atoms with Crippen molar-refractivity contribution in [2.24, 2.45) is 7.05 Å². The van der Waals surface area contributed by atoms with Crippen LogP contribution in [0.25, 0.3) is 0 Å². The average Bonchev–Trinajstić information content (AvgIpc) is 3.45. The molecule has 1 aromatic carbocycles. The maximum absolute atomic E-state index is 12.9. The lowest BCUT2D eigenvalue weighted by molar-refractivity contribution is -0.143. The highest BCUT2D eigenvalue weighted by molar-refractivity contribution is 5.95. The smallest absolute Gasteiger partial charge is 0.342 e. The number of rotatable bonds is 5. The number of carbonyl (C=O) groups is 2. The van der Waals surface area contributed by atoms with Gasteiger partial charge < -0.3 is 10.2 Å². The van der Waals surface area contributed by atoms with Gasteiger partial charge >= 0.3 is 6.18 Å². The summed E-state index contributed by atoms with van der Waals surface area (Å²) in [5, 5.41) is 6.01. The van der Waals surface area contributed by atoms with Gasteiger partial charge in [0.25, 0.3) is 5.91 Å². The number of nitrogens with zero attached hydrogens (tertiary/aromatic N) is 4. The number of benzene rings is 1. The average molecular weight is 464 g/mol. The van der Waals surface area contributed by atoms with Gasteiger partial charge in [-0.05, 0) is 43.8 Å². The fraction of sp³-hybridized carbons (Fsp3) is 0.522. The Bertz CT molecular complexity index is 984. The summed E-state index contributed by atoms with van der Waals surface area (Å²) in [7, 11) is 1.12. The van der Waals surface area contributed by atoms with Gasteiger partial charge in [0.15, 0.2) is 5.69 Å². The van der Waals surface area contributed by atoms with Gasteiger partial charge in [0, 0.05) is 32.2 Å². The van der Waals surface area contributed by atoms with Crippen LogP contribution in [0.4, 0.5) is 13.2 Å². The highest BCUT2D eigenvalue weighted by Crippen LogP contribution is 2.31. The molecular weight excluding hydrogens is 435 g/mol. The lowest BCUT2D eigenvalue weighted by atomic mass is 9.89. The van der Waals surface area contributed by atoms with E-state index in [4.69, 9.17) is 0 Å². The predicted molar refractivity (Wildman–Crippen MR) is 116 cm³/mol. The minimum atomic E-state index is -4.60. The van der Waals surface area contributed by atoms with Crippen LogP contribution in [0, 0.1) is 0 Å². The van der Waals surface area contributed by atoms with Crippen LogP contribution in [0.1, 0.15) is 46.9 Å². The van der Waals surface area contributed by atoms with E-state index < -0.39 is 17.8 Å². The molecule has 1 unspecified atom stereocenters. The summed E-state index contributed by atoms with van der Waals surface area (Å²) < 4.78 is 39.3. The number of amides is 2. The predicted octanol–water partition coefficient (Wildman–Crippen LogP) is 2.65. The topological polar surface area (TPSA) is 70.5 Å². The zero-order valence-corrected chi connectivity index (χ0v) is 18.5. The van der Waals surface area contributed by atoms with Gasteiger partial charge in [-0.15, -0.1) is 0 Å². The molecule has 4 rings (SSSR count). The maximum Gasteiger partial charge on any atom is 0.433 e. The van der Waals surface area contributed by atoms with E-state index in [2.05, 4.69) is 39.6 Å². The Kier molecular flexibility index (Phi) is 6.73. The summed E-state index contributed by atoms with van der Waals surface area (Å²) in [5.41, 5.74) is 0.00184. The maximum atomic E-state index is 12.9. The Balaban J connectivity index is 1.23. The fourth-order valence-electron chi connectivity index (χ4n) is 4.79. The van der Waals surface area contributed by atoms with Gasteiger partial charge in [-0.1, -0.05) is 30.3 Å². The standard InChI is InChI=1S/C23H28F3N5O2/c1-29-20(23(24,25)26)13-19(28-29)22(33)27-14-21(32)31-12-9-18(15-31)30-10-7-17(8-11-30)16-5-3-2-4-6-16/h2-6,13,17-18H,7-12,14-15H2,1H3,(H,27,33). The molecule has 1 aromatic heterocycles. The van der Waals surface area contributed by atoms with Crippen molar-refractivity contribution < 1.29 is 22.8 Å². The highest BCUT2D eigenvalue weighted by Gasteiger charge is 2.36. The number of piperidine rings is 1. The van der Waals surface area contributed by atoms with Crippen molar-refractivity contribution in [1.29, 1.82) is 0 Å². The largest absolute Gasteiger partial charge is 0.433 e. The molecule has 2 fully saturated rings. The first-order chi connectivity index (χ1) is 15.7. The highest BCUT2D eigenvalue weighted by atomic mass is 19.4. The van der Waals surface area contributed by atoms with Gasteiger partial charge in [0.1, 0.15) is 5.69 Å². The summed E-state index contributed by atoms with van der Waals surface area (Å²) in [6, 6.07) is 11.5. The first-order valence-corrected chi connectivity index (χ1v) is 11.2. The fourth-order valence-corrected chi connectivity index (χ4v) is 4.79. The molecule has 2 amide bonds. The molecule has 0 aliphatic carbocycles. The van der Waals surface area contributed by atoms with Crippen molar-refractivity contribution in [2.45, 2.75) is 37.4 Å². The molecule has 178 valence electrons. The van der Waals surface area contributed by atoms with E-state index in [1.54, 1.807) is 4.90 Å². The number of hydrogen-bond donors (Lipinski definition) is 1. The van der Waals surface area contributed by atoms with E-state index in [0.29, 0.717) is 35.8 Å². The summed E-state index contributed by atoms with van der Waals surface area (Å²) in [4.78, 5) is 28.9. The SMILES string of the molecule is Cn1nc(C(=O)NCC(=O)N2CCC(N3CCC(c4ccccc4)CC3)C2)cc1C(F)(F)F. The zero-order chi connectivity index (χ0) is 23.6. The molecule has 0 radical (unpaired) electrons. The normalized spacial score (nSPS) is 20.2. The molecule has 2 aromatic rings. The van der Waals surface area contributed by atoms with Crippen LogP contribution in [-0.4, -0.2) is 70.2 Å². The van der Waals surface area contributed by atoms with Crippen molar-refractivity contribution in [1.82, 2.24) is 24.9 Å². The van der Waals surface area contributed by atoms with Gasteiger partial charge in [-0.2, -0.15) is 18.3 Å². The van der Waals surface area contributed by atoms with Crippen LogP contribution in [0.5, 0.6) is 0 Å². The first kappa shape index (κ1) is 23.3. The molecule has 7 nitrogen and oxygen atoms in total. The van der Waals surface area contributed by atoms with Crippen molar-refractivity contribution >= 4 is 11.8 Å². The summed E-state index contributed by atoms with van der Waals surface area (Å²) in [6.45, 7) is 2.93. The van der Waals surface area contributed by atoms with Gasteiger partial charge in [-0.3, -0.25) is 19.2 Å². The number of aryl methyl sites for hydroxylation is 1. The number of aromatic nitrogens is 2. The van der Waals surface area contributed by atoms with Crippen LogP contribution < -0.4 is 5.32 Å². The van der Waals surface area contributed by atoms with Crippen molar-refractivity contribution in [3.63, 3.8) is 0 Å². The summed E-state index contributed by atoms with van der Waals surface area (Å²) in [5.74, 6) is -0.466. The molecule has 33 heavy (non-hydrogen) atoms. The van der Waals surface area contributed by atoms with Gasteiger partial charge in [-0.25, -0.2) is 0 Å². The van der Waals surface area contributed by atoms with E-state index in [-0.39, 0.29) is 18.1 Å². The van der Waals surface area contributed by atoms with Crippen LogP contribution in [0.3, 0.4) is 0 Å². The Hall–Kier alpha value is -2.88. The zero-order valence-electron chi connectivity index (χ0n) is 18.5. The van der Waals surface area contributed by atoms with Crippen LogP contribution in [0.15, 0.2) is 36.4 Å². The van der Waals surface area contributed by atoms with Gasteiger partial charge in [0.05, 0.1) is 6.54 Å². The number of likely N-dealkylation sites (tertiary alicyclic amines) is 2. The van der Waals surface area contributed by atoms with Crippen LogP contribution >= 0.6 is 0 Å². The van der Waals surface area contributed by atoms with Crippen molar-refractivity contribution in [3.8, 4) is 0 Å². The number of halogens is 3. The molecule has 2 aliphatic heterocycles. The number of carbonyl (C=O) groups excluding carboxylic acids is 2. The molecule has 3 heterocycles.